The van der Waals surface area contributed by atoms with Crippen LogP contribution in [0.25, 0.3) is 0 Å². The lowest BCUT2D eigenvalue weighted by Gasteiger charge is -2.05. The number of nitrogens with two attached hydrogens (primary N) is 1. The molecule has 106 valence electrons. The third-order valence-electron chi connectivity index (χ3n) is 1.65. The van der Waals surface area contributed by atoms with E-state index in [9.17, 15) is 0 Å². The predicted molar refractivity (Wildman–Crippen MR) is 83.7 cm³/mol. The number of ether oxygens (including phenoxy) is 1. The van der Waals surface area contributed by atoms with Crippen molar-refractivity contribution in [2.75, 3.05) is 19.9 Å². The Hall–Kier alpha value is -2.07. The second-order valence-electron chi connectivity index (χ2n) is 2.86. The Bertz CT molecular complexity index is 382. The number of rotatable bonds is 4. The first kappa shape index (κ1) is 19.3. The Morgan fingerprint density at radius 1 is 1.26 bits per heavy atom. The van der Waals surface area contributed by atoms with Crippen LogP contribution < -0.4 is 10.5 Å². The van der Waals surface area contributed by atoms with Gasteiger partial charge >= 0.3 is 0 Å². The molecule has 0 radical (unpaired) electrons. The van der Waals surface area contributed by atoms with Gasteiger partial charge in [0.1, 0.15) is 11.5 Å². The Kier molecular flexibility index (Phi) is 14.2. The van der Waals surface area contributed by atoms with E-state index < -0.39 is 0 Å². The molecule has 0 aliphatic carbocycles. The summed E-state index contributed by atoms with van der Waals surface area (Å²) in [7, 11) is 2.68. The Balaban J connectivity index is 0. The molecule has 0 unspecified atom stereocenters. The van der Waals surface area contributed by atoms with Crippen LogP contribution in [0.2, 0.25) is 0 Å². The molecule has 19 heavy (non-hydrogen) atoms. The number of hydrogen-bond acceptors (Lipinski definition) is 4. The monoisotopic (exact) mass is 264 g/mol. The van der Waals surface area contributed by atoms with Crippen molar-refractivity contribution in [1.29, 1.82) is 0 Å². The molecule has 0 heterocycles. The third-order valence-corrected chi connectivity index (χ3v) is 1.65. The highest BCUT2D eigenvalue weighted by Crippen LogP contribution is 2.15. The fourth-order valence-corrected chi connectivity index (χ4v) is 1.02. The molecule has 1 aromatic rings. The van der Waals surface area contributed by atoms with E-state index in [1.807, 2.05) is 13.8 Å². The summed E-state index contributed by atoms with van der Waals surface area (Å²) in [5, 5.41) is 7.00. The molecule has 0 saturated heterocycles. The average Bonchev–Trinajstić information content (AvgIpc) is 2.46. The van der Waals surface area contributed by atoms with Crippen molar-refractivity contribution in [2.45, 2.75) is 13.8 Å². The van der Waals surface area contributed by atoms with Gasteiger partial charge in [0, 0.05) is 19.8 Å². The van der Waals surface area contributed by atoms with Crippen molar-refractivity contribution >= 4 is 11.9 Å². The van der Waals surface area contributed by atoms with E-state index in [0.717, 1.165) is 12.9 Å². The number of aliphatic hydroxyl groups excluding tert-OH is 1. The van der Waals surface area contributed by atoms with Crippen LogP contribution in [0.1, 0.15) is 13.8 Å². The summed E-state index contributed by atoms with van der Waals surface area (Å²) in [5.74, 6) is 1.36. The standard InChI is InChI=1S/C12H14N2O.C2H6.CH4O/c1-3-4-12(9-14-2)15-11-7-5-10(13)6-8-11;2*1-2/h3-9H,1,13H2,2H3;1-2H3;2H,1H3/b12-4+,14-9?;;. The maximum atomic E-state index is 7.00. The van der Waals surface area contributed by atoms with Crippen LogP contribution in [0.3, 0.4) is 0 Å². The van der Waals surface area contributed by atoms with Crippen LogP contribution in [0.5, 0.6) is 5.75 Å². The average molecular weight is 264 g/mol. The zero-order valence-electron chi connectivity index (χ0n) is 12.1. The summed E-state index contributed by atoms with van der Waals surface area (Å²) >= 11 is 0. The van der Waals surface area contributed by atoms with Crippen molar-refractivity contribution in [3.05, 3.63) is 48.8 Å². The Morgan fingerprint density at radius 3 is 2.21 bits per heavy atom. The summed E-state index contributed by atoms with van der Waals surface area (Å²) < 4.78 is 5.54. The highest BCUT2D eigenvalue weighted by atomic mass is 16.5. The van der Waals surface area contributed by atoms with E-state index in [4.69, 9.17) is 15.6 Å². The van der Waals surface area contributed by atoms with Crippen LogP contribution in [0, 0.1) is 0 Å². The minimum absolute atomic E-state index is 0.636. The maximum absolute atomic E-state index is 7.00. The van der Waals surface area contributed by atoms with Crippen LogP contribution in [0.15, 0.2) is 53.7 Å². The van der Waals surface area contributed by atoms with Gasteiger partial charge in [0.25, 0.3) is 0 Å². The molecule has 0 spiro atoms. The molecule has 0 atom stereocenters. The number of aliphatic hydroxyl groups is 1. The molecule has 0 saturated carbocycles. The third kappa shape index (κ3) is 9.62. The summed E-state index contributed by atoms with van der Waals surface area (Å²) in [4.78, 5) is 3.88. The van der Waals surface area contributed by atoms with Crippen LogP contribution in [-0.4, -0.2) is 25.5 Å². The quantitative estimate of drug-likeness (QED) is 0.380. The lowest BCUT2D eigenvalue weighted by Crippen LogP contribution is -1.96. The number of nitrogens with zero attached hydrogens (tertiary/aromatic N) is 1. The number of anilines is 1. The van der Waals surface area contributed by atoms with E-state index in [2.05, 4.69) is 11.6 Å². The van der Waals surface area contributed by atoms with Crippen molar-refractivity contribution in [3.63, 3.8) is 0 Å². The van der Waals surface area contributed by atoms with Gasteiger partial charge in [0.15, 0.2) is 0 Å². The van der Waals surface area contributed by atoms with Crippen LogP contribution in [0.4, 0.5) is 5.69 Å². The molecule has 1 aromatic carbocycles. The van der Waals surface area contributed by atoms with Gasteiger partial charge in [-0.3, -0.25) is 4.99 Å². The lowest BCUT2D eigenvalue weighted by molar-refractivity contribution is 0.399. The molecule has 0 bridgehead atoms. The van der Waals surface area contributed by atoms with Crippen molar-refractivity contribution in [1.82, 2.24) is 0 Å². The smallest absolute Gasteiger partial charge is 0.145 e. The van der Waals surface area contributed by atoms with E-state index in [-0.39, 0.29) is 0 Å². The van der Waals surface area contributed by atoms with Gasteiger partial charge in [-0.25, -0.2) is 0 Å². The highest BCUT2D eigenvalue weighted by molar-refractivity contribution is 5.76. The summed E-state index contributed by atoms with van der Waals surface area (Å²) in [6, 6.07) is 7.17. The Morgan fingerprint density at radius 2 is 1.79 bits per heavy atom. The summed E-state index contributed by atoms with van der Waals surface area (Å²) in [5.41, 5.74) is 6.27. The molecule has 1 rings (SSSR count). The van der Waals surface area contributed by atoms with E-state index >= 15 is 0 Å². The van der Waals surface area contributed by atoms with Crippen LogP contribution in [-0.2, 0) is 0 Å². The van der Waals surface area contributed by atoms with Gasteiger partial charge in [-0.15, -0.1) is 0 Å². The molecular weight excluding hydrogens is 240 g/mol. The zero-order valence-corrected chi connectivity index (χ0v) is 12.1. The molecule has 0 aliphatic rings. The largest absolute Gasteiger partial charge is 0.456 e. The topological polar surface area (TPSA) is 67.8 Å². The van der Waals surface area contributed by atoms with E-state index in [1.165, 1.54) is 0 Å². The molecule has 4 heteroatoms. The van der Waals surface area contributed by atoms with E-state index in [1.54, 1.807) is 49.7 Å². The van der Waals surface area contributed by atoms with Crippen molar-refractivity contribution < 1.29 is 9.84 Å². The molecule has 0 aliphatic heterocycles. The number of allylic oxidation sites excluding steroid dienone is 3. The first-order valence-electron chi connectivity index (χ1n) is 5.99. The highest BCUT2D eigenvalue weighted by Gasteiger charge is 1.96. The van der Waals surface area contributed by atoms with Gasteiger partial charge in [0.05, 0.1) is 6.21 Å². The van der Waals surface area contributed by atoms with Gasteiger partial charge in [-0.2, -0.15) is 0 Å². The van der Waals surface area contributed by atoms with Crippen molar-refractivity contribution in [2.24, 2.45) is 4.99 Å². The van der Waals surface area contributed by atoms with Crippen molar-refractivity contribution in [3.8, 4) is 5.75 Å². The summed E-state index contributed by atoms with van der Waals surface area (Å²) in [6.07, 6.45) is 5.01. The number of aliphatic imine (C=N–C) groups is 1. The maximum Gasteiger partial charge on any atom is 0.145 e. The first-order chi connectivity index (χ1) is 9.26. The fraction of sp³-hybridized carbons (Fsp3) is 0.267. The SMILES string of the molecule is C=C/C=C(\C=NC)Oc1ccc(N)cc1.CC.CO. The van der Waals surface area contributed by atoms with Crippen LogP contribution >= 0.6 is 0 Å². The van der Waals surface area contributed by atoms with E-state index in [0.29, 0.717) is 11.4 Å². The normalized spacial score (nSPS) is 9.84. The zero-order chi connectivity index (χ0) is 15.1. The van der Waals surface area contributed by atoms with Gasteiger partial charge in [-0.1, -0.05) is 26.5 Å². The lowest BCUT2D eigenvalue weighted by atomic mass is 10.3. The first-order valence-corrected chi connectivity index (χ1v) is 5.99. The molecular formula is C15H24N2O2. The van der Waals surface area contributed by atoms with Gasteiger partial charge in [0.2, 0.25) is 0 Å². The van der Waals surface area contributed by atoms with Gasteiger partial charge in [-0.05, 0) is 30.3 Å². The number of benzene rings is 1. The predicted octanol–water partition coefficient (Wildman–Crippen LogP) is 3.05. The fourth-order valence-electron chi connectivity index (χ4n) is 1.02. The molecule has 4 nitrogen and oxygen atoms in total. The van der Waals surface area contributed by atoms with Gasteiger partial charge < -0.3 is 15.6 Å². The minimum Gasteiger partial charge on any atom is -0.456 e. The molecule has 0 aromatic heterocycles. The second kappa shape index (κ2) is 14.0. The molecule has 0 fully saturated rings. The number of hydrogen-bond donors (Lipinski definition) is 2. The molecule has 0 amide bonds. The number of nitrogen functional groups attached to an aromatic ring is 1. The minimum atomic E-state index is 0.636. The molecule has 3 N–H and O–H groups in total. The Labute approximate surface area is 115 Å². The second-order valence-corrected chi connectivity index (χ2v) is 2.86. The summed E-state index contributed by atoms with van der Waals surface area (Å²) in [6.45, 7) is 7.60.